The smallest absolute Gasteiger partial charge is 0.335 e. The van der Waals surface area contributed by atoms with Crippen molar-refractivity contribution in [2.24, 2.45) is 0 Å². The molecule has 1 aromatic rings. The number of carbonyl (C=O) groups is 1. The van der Waals surface area contributed by atoms with Crippen LogP contribution in [0.25, 0.3) is 0 Å². The van der Waals surface area contributed by atoms with Gasteiger partial charge in [0, 0.05) is 23.1 Å². The van der Waals surface area contributed by atoms with Gasteiger partial charge in [0.1, 0.15) is 0 Å². The van der Waals surface area contributed by atoms with Gasteiger partial charge in [-0.2, -0.15) is 11.8 Å². The number of benzene rings is 1. The van der Waals surface area contributed by atoms with E-state index in [0.717, 1.165) is 6.07 Å². The molecule has 0 aromatic heterocycles. The average Bonchev–Trinajstić information content (AvgIpc) is 2.29. The summed E-state index contributed by atoms with van der Waals surface area (Å²) in [7, 11) is 0. The summed E-state index contributed by atoms with van der Waals surface area (Å²) >= 11 is 1.35. The highest BCUT2D eigenvalue weighted by Gasteiger charge is 2.16. The first-order chi connectivity index (χ1) is 8.06. The number of aliphatic hydroxyl groups is 1. The molecule has 2 N–H and O–H groups in total. The number of thioether (sulfide) groups is 1. The van der Waals surface area contributed by atoms with Gasteiger partial charge in [0.05, 0.1) is 17.1 Å². The molecule has 92 valence electrons. The molecule has 17 heavy (non-hydrogen) atoms. The van der Waals surface area contributed by atoms with Crippen LogP contribution in [0.3, 0.4) is 0 Å². The van der Waals surface area contributed by atoms with E-state index < -0.39 is 10.9 Å². The summed E-state index contributed by atoms with van der Waals surface area (Å²) < 4.78 is 0. The van der Waals surface area contributed by atoms with Crippen molar-refractivity contribution in [3.63, 3.8) is 0 Å². The maximum atomic E-state index is 10.8. The highest BCUT2D eigenvalue weighted by Crippen LogP contribution is 2.24. The molecule has 0 atom stereocenters. The van der Waals surface area contributed by atoms with Crippen molar-refractivity contribution in [3.05, 3.63) is 39.4 Å². The number of hydrogen-bond donors (Lipinski definition) is 2. The molecule has 0 amide bonds. The third kappa shape index (κ3) is 3.72. The van der Waals surface area contributed by atoms with Crippen molar-refractivity contribution < 1.29 is 19.9 Å². The normalized spacial score (nSPS) is 10.2. The molecular weight excluding hydrogens is 246 g/mol. The molecule has 0 saturated carbocycles. The van der Waals surface area contributed by atoms with Crippen LogP contribution in [0.5, 0.6) is 0 Å². The molecule has 0 aliphatic heterocycles. The van der Waals surface area contributed by atoms with Gasteiger partial charge in [0.25, 0.3) is 5.69 Å². The molecule has 0 heterocycles. The van der Waals surface area contributed by atoms with E-state index in [1.165, 1.54) is 23.9 Å². The molecule has 1 aromatic carbocycles. The van der Waals surface area contributed by atoms with Crippen molar-refractivity contribution >= 4 is 23.4 Å². The number of aliphatic hydroxyl groups excluding tert-OH is 1. The van der Waals surface area contributed by atoms with Crippen molar-refractivity contribution in [1.29, 1.82) is 0 Å². The minimum atomic E-state index is -1.19. The van der Waals surface area contributed by atoms with E-state index in [0.29, 0.717) is 17.1 Å². The second-order valence-electron chi connectivity index (χ2n) is 3.18. The second kappa shape index (κ2) is 6.21. The third-order valence-electron chi connectivity index (χ3n) is 2.02. The topological polar surface area (TPSA) is 101 Å². The number of aromatic carboxylic acids is 1. The summed E-state index contributed by atoms with van der Waals surface area (Å²) in [6, 6.07) is 3.83. The number of nitro groups is 1. The lowest BCUT2D eigenvalue weighted by Crippen LogP contribution is -2.01. The molecule has 0 saturated heterocycles. The van der Waals surface area contributed by atoms with E-state index in [1.54, 1.807) is 0 Å². The van der Waals surface area contributed by atoms with Gasteiger partial charge in [-0.3, -0.25) is 10.1 Å². The number of rotatable bonds is 6. The van der Waals surface area contributed by atoms with Crippen LogP contribution in [-0.4, -0.2) is 33.5 Å². The third-order valence-corrected chi connectivity index (χ3v) is 3.01. The quantitative estimate of drug-likeness (QED) is 0.455. The summed E-state index contributed by atoms with van der Waals surface area (Å²) in [6.45, 7) is 0.00563. The summed E-state index contributed by atoms with van der Waals surface area (Å²) in [5, 5.41) is 28.1. The van der Waals surface area contributed by atoms with Gasteiger partial charge >= 0.3 is 5.97 Å². The van der Waals surface area contributed by atoms with Crippen LogP contribution in [0, 0.1) is 10.1 Å². The van der Waals surface area contributed by atoms with E-state index in [1.807, 2.05) is 0 Å². The fourth-order valence-corrected chi connectivity index (χ4v) is 1.97. The summed E-state index contributed by atoms with van der Waals surface area (Å²) in [5.41, 5.74) is 0.154. The maximum Gasteiger partial charge on any atom is 0.335 e. The van der Waals surface area contributed by atoms with Crippen molar-refractivity contribution in [2.45, 2.75) is 5.75 Å². The first-order valence-corrected chi connectivity index (χ1v) is 5.91. The summed E-state index contributed by atoms with van der Waals surface area (Å²) in [5.74, 6) is -0.336. The fourth-order valence-electron chi connectivity index (χ4n) is 1.24. The van der Waals surface area contributed by atoms with Crippen LogP contribution in [0.1, 0.15) is 15.9 Å². The predicted molar refractivity (Wildman–Crippen MR) is 63.3 cm³/mol. The number of nitrogens with zero attached hydrogens (tertiary/aromatic N) is 1. The van der Waals surface area contributed by atoms with Crippen LogP contribution in [0.4, 0.5) is 5.69 Å². The molecule has 0 unspecified atom stereocenters. The zero-order valence-electron chi connectivity index (χ0n) is 8.83. The summed E-state index contributed by atoms with van der Waals surface area (Å²) in [4.78, 5) is 20.9. The largest absolute Gasteiger partial charge is 0.478 e. The Balaban J connectivity index is 2.96. The van der Waals surface area contributed by atoms with Gasteiger partial charge in [-0.25, -0.2) is 4.79 Å². The monoisotopic (exact) mass is 257 g/mol. The van der Waals surface area contributed by atoms with Gasteiger partial charge < -0.3 is 10.2 Å². The van der Waals surface area contributed by atoms with Crippen LogP contribution in [-0.2, 0) is 5.75 Å². The van der Waals surface area contributed by atoms with E-state index in [4.69, 9.17) is 10.2 Å². The van der Waals surface area contributed by atoms with Gasteiger partial charge in [0.15, 0.2) is 0 Å². The molecular formula is C10H11NO5S. The lowest BCUT2D eigenvalue weighted by Gasteiger charge is -2.03. The van der Waals surface area contributed by atoms with Gasteiger partial charge in [-0.15, -0.1) is 0 Å². The van der Waals surface area contributed by atoms with Crippen LogP contribution >= 0.6 is 11.8 Å². The first kappa shape index (κ1) is 13.5. The SMILES string of the molecule is O=C(O)c1ccc(CSCCO)c([N+](=O)[O-])c1. The van der Waals surface area contributed by atoms with E-state index >= 15 is 0 Å². The number of carboxylic acid groups (broad SMARTS) is 1. The minimum Gasteiger partial charge on any atom is -0.478 e. The molecule has 0 radical (unpaired) electrons. The van der Waals surface area contributed by atoms with Crippen LogP contribution in [0.15, 0.2) is 18.2 Å². The van der Waals surface area contributed by atoms with Gasteiger partial charge in [-0.1, -0.05) is 6.07 Å². The highest BCUT2D eigenvalue weighted by molar-refractivity contribution is 7.98. The van der Waals surface area contributed by atoms with Gasteiger partial charge in [0.2, 0.25) is 0 Å². The van der Waals surface area contributed by atoms with Crippen molar-refractivity contribution in [2.75, 3.05) is 12.4 Å². The maximum absolute atomic E-state index is 10.8. The zero-order chi connectivity index (χ0) is 12.8. The highest BCUT2D eigenvalue weighted by atomic mass is 32.2. The Kier molecular flexibility index (Phi) is 4.92. The molecule has 1 rings (SSSR count). The van der Waals surface area contributed by atoms with Crippen LogP contribution < -0.4 is 0 Å². The second-order valence-corrected chi connectivity index (χ2v) is 4.29. The lowest BCUT2D eigenvalue weighted by atomic mass is 10.1. The molecule has 7 heteroatoms. The molecule has 0 fully saturated rings. The number of hydrogen-bond acceptors (Lipinski definition) is 5. The number of carboxylic acids is 1. The molecule has 0 spiro atoms. The molecule has 6 nitrogen and oxygen atoms in total. The van der Waals surface area contributed by atoms with E-state index in [-0.39, 0.29) is 17.9 Å². The van der Waals surface area contributed by atoms with Crippen molar-refractivity contribution in [3.8, 4) is 0 Å². The fraction of sp³-hybridized carbons (Fsp3) is 0.300. The molecule has 0 aliphatic rings. The van der Waals surface area contributed by atoms with E-state index in [9.17, 15) is 14.9 Å². The molecule has 0 bridgehead atoms. The Bertz CT molecular complexity index is 435. The number of nitro benzene ring substituents is 1. The Hall–Kier alpha value is -1.60. The lowest BCUT2D eigenvalue weighted by molar-refractivity contribution is -0.385. The Labute approximate surface area is 101 Å². The van der Waals surface area contributed by atoms with Crippen LogP contribution in [0.2, 0.25) is 0 Å². The van der Waals surface area contributed by atoms with Crippen molar-refractivity contribution in [1.82, 2.24) is 0 Å². The standard InChI is InChI=1S/C10H11NO5S/c12-3-4-17-6-8-2-1-7(10(13)14)5-9(8)11(15)16/h1-2,5,12H,3-4,6H2,(H,13,14). The predicted octanol–water partition coefficient (Wildman–Crippen LogP) is 1.52. The van der Waals surface area contributed by atoms with E-state index in [2.05, 4.69) is 0 Å². The Morgan fingerprint density at radius 1 is 1.47 bits per heavy atom. The first-order valence-electron chi connectivity index (χ1n) is 4.75. The minimum absolute atomic E-state index is 0.00563. The Morgan fingerprint density at radius 2 is 2.18 bits per heavy atom. The van der Waals surface area contributed by atoms with Gasteiger partial charge in [-0.05, 0) is 6.07 Å². The average molecular weight is 257 g/mol. The Morgan fingerprint density at radius 3 is 2.71 bits per heavy atom. The summed E-state index contributed by atoms with van der Waals surface area (Å²) in [6.07, 6.45) is 0. The molecule has 0 aliphatic carbocycles. The zero-order valence-corrected chi connectivity index (χ0v) is 9.64.